The number of amides is 1. The number of nitro benzene ring substituents is 1. The van der Waals surface area contributed by atoms with Crippen molar-refractivity contribution in [2.75, 3.05) is 0 Å². The highest BCUT2D eigenvalue weighted by Gasteiger charge is 2.38. The lowest BCUT2D eigenvalue weighted by molar-refractivity contribution is -0.383. The van der Waals surface area contributed by atoms with E-state index < -0.39 is 22.3 Å². The molecular weight excluding hydrogens is 314 g/mol. The zero-order valence-electron chi connectivity index (χ0n) is 12.9. The van der Waals surface area contributed by atoms with Gasteiger partial charge in [-0.3, -0.25) is 19.7 Å². The van der Waals surface area contributed by atoms with E-state index in [2.05, 4.69) is 10.3 Å². The maximum atomic E-state index is 12.5. The summed E-state index contributed by atoms with van der Waals surface area (Å²) in [6.45, 7) is 0. The second kappa shape index (κ2) is 5.95. The summed E-state index contributed by atoms with van der Waals surface area (Å²) >= 11 is 0. The molecule has 0 radical (unpaired) electrons. The molecule has 0 atom stereocenters. The van der Waals surface area contributed by atoms with Crippen LogP contribution in [0.2, 0.25) is 0 Å². The number of fused-ring (bicyclic) bond motifs is 1. The molecule has 1 heterocycles. The van der Waals surface area contributed by atoms with E-state index in [4.69, 9.17) is 5.11 Å². The number of non-ortho nitro benzene ring substituents is 1. The first-order valence-electron chi connectivity index (χ1n) is 7.71. The van der Waals surface area contributed by atoms with E-state index in [1.165, 1.54) is 6.07 Å². The van der Waals surface area contributed by atoms with Gasteiger partial charge in [-0.1, -0.05) is 25.0 Å². The summed E-state index contributed by atoms with van der Waals surface area (Å²) in [5.41, 5.74) is -0.374. The van der Waals surface area contributed by atoms with E-state index >= 15 is 0 Å². The third-order valence-electron chi connectivity index (χ3n) is 4.50. The standard InChI is InChI=1S/C16H17N3O5/c20-13(21)9-16(6-1-2-7-16)18-15(22)11-8-10-4-3-5-12(19(23)24)14(10)17-11/h3-5,8,17H,1-2,6-7,9H2,(H,18,22)(H,20,21). The molecule has 1 saturated carbocycles. The molecule has 0 saturated heterocycles. The number of carbonyl (C=O) groups is 2. The molecular formula is C16H17N3O5. The van der Waals surface area contributed by atoms with Crippen molar-refractivity contribution in [2.24, 2.45) is 0 Å². The predicted molar refractivity (Wildman–Crippen MR) is 85.9 cm³/mol. The number of carboxylic acid groups (broad SMARTS) is 1. The van der Waals surface area contributed by atoms with Gasteiger partial charge in [0.2, 0.25) is 0 Å². The predicted octanol–water partition coefficient (Wildman–Crippen LogP) is 2.59. The maximum absolute atomic E-state index is 12.5. The lowest BCUT2D eigenvalue weighted by atomic mass is 9.93. The summed E-state index contributed by atoms with van der Waals surface area (Å²) in [4.78, 5) is 37.0. The minimum atomic E-state index is -0.954. The number of aromatic nitrogens is 1. The molecule has 126 valence electrons. The van der Waals surface area contributed by atoms with Gasteiger partial charge in [0.15, 0.2) is 0 Å². The summed E-state index contributed by atoms with van der Waals surface area (Å²) in [6, 6.07) is 6.14. The second-order valence-electron chi connectivity index (χ2n) is 6.19. The first-order valence-corrected chi connectivity index (χ1v) is 7.71. The average molecular weight is 331 g/mol. The van der Waals surface area contributed by atoms with E-state index in [0.717, 1.165) is 12.8 Å². The quantitative estimate of drug-likeness (QED) is 0.573. The molecule has 8 heteroatoms. The fourth-order valence-corrected chi connectivity index (χ4v) is 3.41. The molecule has 3 N–H and O–H groups in total. The number of hydrogen-bond acceptors (Lipinski definition) is 4. The molecule has 2 aromatic rings. The molecule has 1 aromatic carbocycles. The maximum Gasteiger partial charge on any atom is 0.305 e. The van der Waals surface area contributed by atoms with E-state index in [1.54, 1.807) is 18.2 Å². The SMILES string of the molecule is O=C(O)CC1(NC(=O)c2cc3cccc([N+](=O)[O-])c3[nH]2)CCCC1. The first-order chi connectivity index (χ1) is 11.4. The number of para-hydroxylation sites is 1. The molecule has 1 aromatic heterocycles. The van der Waals surface area contributed by atoms with E-state index in [9.17, 15) is 19.7 Å². The van der Waals surface area contributed by atoms with Crippen LogP contribution in [0.15, 0.2) is 24.3 Å². The largest absolute Gasteiger partial charge is 0.481 e. The zero-order valence-corrected chi connectivity index (χ0v) is 12.9. The summed E-state index contributed by atoms with van der Waals surface area (Å²) in [5, 5.41) is 23.6. The Labute approximate surface area is 137 Å². The number of aliphatic carboxylic acids is 1. The van der Waals surface area contributed by atoms with Gasteiger partial charge in [0.1, 0.15) is 11.2 Å². The van der Waals surface area contributed by atoms with Crippen LogP contribution < -0.4 is 5.32 Å². The highest BCUT2D eigenvalue weighted by molar-refractivity contribution is 6.00. The van der Waals surface area contributed by atoms with Crippen molar-refractivity contribution in [3.05, 3.63) is 40.1 Å². The van der Waals surface area contributed by atoms with E-state index in [0.29, 0.717) is 18.2 Å². The molecule has 1 aliphatic rings. The minimum absolute atomic E-state index is 0.104. The molecule has 0 aliphatic heterocycles. The monoisotopic (exact) mass is 331 g/mol. The fraction of sp³-hybridized carbons (Fsp3) is 0.375. The van der Waals surface area contributed by atoms with Crippen LogP contribution in [-0.4, -0.2) is 32.4 Å². The highest BCUT2D eigenvalue weighted by Crippen LogP contribution is 2.33. The topological polar surface area (TPSA) is 125 Å². The van der Waals surface area contributed by atoms with Crippen LogP contribution in [0.4, 0.5) is 5.69 Å². The van der Waals surface area contributed by atoms with Gasteiger partial charge in [-0.05, 0) is 18.9 Å². The Morgan fingerprint density at radius 2 is 2.04 bits per heavy atom. The average Bonchev–Trinajstić information content (AvgIpc) is 3.12. The number of carboxylic acids is 1. The van der Waals surface area contributed by atoms with Crippen molar-refractivity contribution in [3.63, 3.8) is 0 Å². The summed E-state index contributed by atoms with van der Waals surface area (Å²) < 4.78 is 0. The Morgan fingerprint density at radius 1 is 1.33 bits per heavy atom. The summed E-state index contributed by atoms with van der Waals surface area (Å²) in [5.74, 6) is -1.40. The summed E-state index contributed by atoms with van der Waals surface area (Å²) in [7, 11) is 0. The van der Waals surface area contributed by atoms with Gasteiger partial charge >= 0.3 is 5.97 Å². The number of nitro groups is 1. The Bertz CT molecular complexity index is 820. The number of carbonyl (C=O) groups excluding carboxylic acids is 1. The minimum Gasteiger partial charge on any atom is -0.481 e. The Hall–Kier alpha value is -2.90. The van der Waals surface area contributed by atoms with E-state index in [-0.39, 0.29) is 23.3 Å². The number of aromatic amines is 1. The van der Waals surface area contributed by atoms with Gasteiger partial charge in [-0.15, -0.1) is 0 Å². The van der Waals surface area contributed by atoms with Crippen LogP contribution in [0, 0.1) is 10.1 Å². The number of rotatable bonds is 5. The lowest BCUT2D eigenvalue weighted by Gasteiger charge is -2.28. The third-order valence-corrected chi connectivity index (χ3v) is 4.50. The Kier molecular flexibility index (Phi) is 3.96. The molecule has 0 unspecified atom stereocenters. The van der Waals surface area contributed by atoms with Crippen molar-refractivity contribution in [3.8, 4) is 0 Å². The lowest BCUT2D eigenvalue weighted by Crippen LogP contribution is -2.47. The van der Waals surface area contributed by atoms with Gasteiger partial charge in [0, 0.05) is 11.5 Å². The van der Waals surface area contributed by atoms with Gasteiger partial charge in [-0.25, -0.2) is 0 Å². The molecule has 1 fully saturated rings. The number of benzene rings is 1. The number of nitrogens with zero attached hydrogens (tertiary/aromatic N) is 1. The van der Waals surface area contributed by atoms with Crippen LogP contribution in [-0.2, 0) is 4.79 Å². The zero-order chi connectivity index (χ0) is 17.3. The van der Waals surface area contributed by atoms with Crippen LogP contribution in [0.5, 0.6) is 0 Å². The van der Waals surface area contributed by atoms with Gasteiger partial charge in [0.25, 0.3) is 11.6 Å². The van der Waals surface area contributed by atoms with Crippen LogP contribution in [0.25, 0.3) is 10.9 Å². The van der Waals surface area contributed by atoms with Gasteiger partial charge < -0.3 is 15.4 Å². The second-order valence-corrected chi connectivity index (χ2v) is 6.19. The molecule has 1 aliphatic carbocycles. The molecule has 3 rings (SSSR count). The van der Waals surface area contributed by atoms with Crippen molar-refractivity contribution >= 4 is 28.5 Å². The third kappa shape index (κ3) is 2.94. The molecule has 24 heavy (non-hydrogen) atoms. The Morgan fingerprint density at radius 3 is 2.67 bits per heavy atom. The summed E-state index contributed by atoms with van der Waals surface area (Å²) in [6.07, 6.45) is 2.84. The molecule has 0 spiro atoms. The molecule has 0 bridgehead atoms. The smallest absolute Gasteiger partial charge is 0.305 e. The van der Waals surface area contributed by atoms with Gasteiger partial charge in [-0.2, -0.15) is 0 Å². The van der Waals surface area contributed by atoms with E-state index in [1.807, 2.05) is 0 Å². The molecule has 1 amide bonds. The van der Waals surface area contributed by atoms with Crippen LogP contribution in [0.1, 0.15) is 42.6 Å². The van der Waals surface area contributed by atoms with Crippen LogP contribution in [0.3, 0.4) is 0 Å². The number of H-pyrrole nitrogens is 1. The first kappa shape index (κ1) is 16.0. The van der Waals surface area contributed by atoms with Crippen molar-refractivity contribution in [1.82, 2.24) is 10.3 Å². The highest BCUT2D eigenvalue weighted by atomic mass is 16.6. The van der Waals surface area contributed by atoms with Crippen LogP contribution >= 0.6 is 0 Å². The van der Waals surface area contributed by atoms with Crippen molar-refractivity contribution < 1.29 is 19.6 Å². The van der Waals surface area contributed by atoms with Crippen molar-refractivity contribution in [1.29, 1.82) is 0 Å². The van der Waals surface area contributed by atoms with Crippen molar-refractivity contribution in [2.45, 2.75) is 37.6 Å². The fourth-order valence-electron chi connectivity index (χ4n) is 3.41. The number of hydrogen-bond donors (Lipinski definition) is 3. The Balaban J connectivity index is 1.90. The molecule has 8 nitrogen and oxygen atoms in total. The normalized spacial score (nSPS) is 16.2. The number of nitrogens with one attached hydrogen (secondary N) is 2. The van der Waals surface area contributed by atoms with Gasteiger partial charge in [0.05, 0.1) is 16.9 Å².